The zero-order valence-corrected chi connectivity index (χ0v) is 11.5. The second-order valence-electron chi connectivity index (χ2n) is 4.30. The molecule has 104 valence electrons. The third-order valence-corrected chi connectivity index (χ3v) is 3.13. The van der Waals surface area contributed by atoms with E-state index in [2.05, 4.69) is 14.9 Å². The average molecular weight is 293 g/mol. The minimum absolute atomic E-state index is 0.134. The van der Waals surface area contributed by atoms with Gasteiger partial charge >= 0.3 is 0 Å². The number of benzene rings is 1. The quantitative estimate of drug-likeness (QED) is 0.857. The lowest BCUT2D eigenvalue weighted by Crippen LogP contribution is -2.34. The van der Waals surface area contributed by atoms with Crippen molar-refractivity contribution in [3.05, 3.63) is 46.7 Å². The van der Waals surface area contributed by atoms with Gasteiger partial charge in [0.05, 0.1) is 0 Å². The van der Waals surface area contributed by atoms with E-state index >= 15 is 0 Å². The smallest absolute Gasteiger partial charge is 0.272 e. The van der Waals surface area contributed by atoms with E-state index in [1.165, 1.54) is 29.6 Å². The number of hydrogen-bond acceptors (Lipinski definition) is 5. The Labute approximate surface area is 119 Å². The number of aromatic nitrogens is 2. The van der Waals surface area contributed by atoms with Gasteiger partial charge in [-0.25, -0.2) is 4.39 Å². The van der Waals surface area contributed by atoms with Gasteiger partial charge in [0.25, 0.3) is 5.91 Å². The Morgan fingerprint density at radius 3 is 2.65 bits per heavy atom. The summed E-state index contributed by atoms with van der Waals surface area (Å²) in [5, 5.41) is 7.84. The SMILES string of the molecule is CC(CC(=O)c1ccc(F)cc1)NC(=O)c1csnn1. The van der Waals surface area contributed by atoms with E-state index < -0.39 is 0 Å². The molecule has 0 aliphatic heterocycles. The minimum Gasteiger partial charge on any atom is -0.348 e. The highest BCUT2D eigenvalue weighted by Gasteiger charge is 2.16. The lowest BCUT2D eigenvalue weighted by atomic mass is 10.0. The van der Waals surface area contributed by atoms with Crippen molar-refractivity contribution in [2.75, 3.05) is 0 Å². The number of ketones is 1. The van der Waals surface area contributed by atoms with Gasteiger partial charge in [0.2, 0.25) is 0 Å². The molecular formula is C13H12FN3O2S. The Kier molecular flexibility index (Phi) is 4.52. The van der Waals surface area contributed by atoms with Gasteiger partial charge in [-0.05, 0) is 42.7 Å². The second kappa shape index (κ2) is 6.33. The largest absolute Gasteiger partial charge is 0.348 e. The number of carbonyl (C=O) groups is 2. The topological polar surface area (TPSA) is 72.0 Å². The van der Waals surface area contributed by atoms with Crippen molar-refractivity contribution >= 4 is 23.2 Å². The van der Waals surface area contributed by atoms with Gasteiger partial charge in [-0.1, -0.05) is 4.49 Å². The fourth-order valence-corrected chi connectivity index (χ4v) is 2.08. The molecule has 0 fully saturated rings. The number of rotatable bonds is 5. The van der Waals surface area contributed by atoms with Crippen LogP contribution < -0.4 is 5.32 Å². The number of carbonyl (C=O) groups excluding carboxylic acids is 2. The predicted octanol–water partition coefficient (Wildman–Crippen LogP) is 2.07. The van der Waals surface area contributed by atoms with Crippen molar-refractivity contribution in [2.24, 2.45) is 0 Å². The van der Waals surface area contributed by atoms with Gasteiger partial charge in [0.1, 0.15) is 5.82 Å². The molecule has 1 N–H and O–H groups in total. The maximum absolute atomic E-state index is 12.8. The van der Waals surface area contributed by atoms with Crippen molar-refractivity contribution in [2.45, 2.75) is 19.4 Å². The maximum atomic E-state index is 12.8. The molecule has 2 aromatic rings. The van der Waals surface area contributed by atoms with E-state index in [1.54, 1.807) is 6.92 Å². The van der Waals surface area contributed by atoms with E-state index in [0.29, 0.717) is 5.56 Å². The molecule has 1 heterocycles. The zero-order valence-electron chi connectivity index (χ0n) is 10.7. The molecule has 0 bridgehead atoms. The Morgan fingerprint density at radius 1 is 1.35 bits per heavy atom. The molecule has 0 spiro atoms. The summed E-state index contributed by atoms with van der Waals surface area (Å²) in [5.41, 5.74) is 0.652. The van der Waals surface area contributed by atoms with Crippen molar-refractivity contribution in [3.63, 3.8) is 0 Å². The lowest BCUT2D eigenvalue weighted by Gasteiger charge is -2.12. The highest BCUT2D eigenvalue weighted by molar-refractivity contribution is 7.03. The van der Waals surface area contributed by atoms with Crippen LogP contribution in [0.25, 0.3) is 0 Å². The first-order valence-electron chi connectivity index (χ1n) is 5.93. The van der Waals surface area contributed by atoms with Crippen molar-refractivity contribution < 1.29 is 14.0 Å². The number of Topliss-reactive ketones (excluding diaryl/α,β-unsaturated/α-hetero) is 1. The Bertz CT molecular complexity index is 599. The summed E-state index contributed by atoms with van der Waals surface area (Å²) in [6.07, 6.45) is 0.134. The Morgan fingerprint density at radius 2 is 2.05 bits per heavy atom. The molecule has 5 nitrogen and oxygen atoms in total. The van der Waals surface area contributed by atoms with Gasteiger partial charge in [0, 0.05) is 23.4 Å². The molecule has 2 rings (SSSR count). The predicted molar refractivity (Wildman–Crippen MR) is 72.2 cm³/mol. The fraction of sp³-hybridized carbons (Fsp3) is 0.231. The van der Waals surface area contributed by atoms with E-state index in [0.717, 1.165) is 11.5 Å². The number of nitrogens with zero attached hydrogens (tertiary/aromatic N) is 2. The first-order chi connectivity index (χ1) is 9.56. The van der Waals surface area contributed by atoms with E-state index in [9.17, 15) is 14.0 Å². The summed E-state index contributed by atoms with van der Waals surface area (Å²) in [7, 11) is 0. The third-order valence-electron chi connectivity index (χ3n) is 2.63. The summed E-state index contributed by atoms with van der Waals surface area (Å²) in [6, 6.07) is 4.98. The third kappa shape index (κ3) is 3.67. The molecule has 7 heteroatoms. The minimum atomic E-state index is -0.390. The molecule has 0 radical (unpaired) electrons. The first kappa shape index (κ1) is 14.3. The zero-order chi connectivity index (χ0) is 14.5. The van der Waals surface area contributed by atoms with Crippen LogP contribution in [0.4, 0.5) is 4.39 Å². The van der Waals surface area contributed by atoms with Gasteiger partial charge in [-0.2, -0.15) is 0 Å². The monoisotopic (exact) mass is 293 g/mol. The molecule has 0 aliphatic rings. The molecule has 1 unspecified atom stereocenters. The molecule has 1 aromatic heterocycles. The molecule has 20 heavy (non-hydrogen) atoms. The summed E-state index contributed by atoms with van der Waals surface area (Å²) >= 11 is 1.08. The fourth-order valence-electron chi connectivity index (χ4n) is 1.64. The van der Waals surface area contributed by atoms with Crippen molar-refractivity contribution in [1.29, 1.82) is 0 Å². The van der Waals surface area contributed by atoms with Crippen molar-refractivity contribution in [3.8, 4) is 0 Å². The van der Waals surface area contributed by atoms with Crippen LogP contribution in [-0.2, 0) is 0 Å². The number of amides is 1. The maximum Gasteiger partial charge on any atom is 0.272 e. The van der Waals surface area contributed by atoms with Crippen molar-refractivity contribution in [1.82, 2.24) is 14.9 Å². The molecule has 0 saturated carbocycles. The van der Waals surface area contributed by atoms with Crippen LogP contribution in [0, 0.1) is 5.82 Å². The molecule has 1 aromatic carbocycles. The van der Waals surface area contributed by atoms with E-state index in [1.807, 2.05) is 0 Å². The van der Waals surface area contributed by atoms with E-state index in [-0.39, 0.29) is 35.7 Å². The van der Waals surface area contributed by atoms with Crippen LogP contribution in [0.1, 0.15) is 34.2 Å². The number of halogens is 1. The Hall–Kier alpha value is -2.15. The molecular weight excluding hydrogens is 281 g/mol. The van der Waals surface area contributed by atoms with E-state index in [4.69, 9.17) is 0 Å². The average Bonchev–Trinajstić information content (AvgIpc) is 2.93. The summed E-state index contributed by atoms with van der Waals surface area (Å²) in [4.78, 5) is 23.6. The van der Waals surface area contributed by atoms with Gasteiger partial charge < -0.3 is 5.32 Å². The van der Waals surface area contributed by atoms with Gasteiger partial charge in [0.15, 0.2) is 11.5 Å². The second-order valence-corrected chi connectivity index (χ2v) is 4.91. The normalized spacial score (nSPS) is 11.9. The molecule has 0 saturated heterocycles. The summed E-state index contributed by atoms with van der Waals surface area (Å²) < 4.78 is 16.4. The summed E-state index contributed by atoms with van der Waals surface area (Å²) in [5.74, 6) is -0.911. The molecule has 1 amide bonds. The van der Waals surface area contributed by atoms with Crippen LogP contribution in [-0.4, -0.2) is 27.3 Å². The standard InChI is InChI=1S/C13H12FN3O2S/c1-8(15-13(19)11-7-20-17-16-11)6-12(18)9-2-4-10(14)5-3-9/h2-5,7-8H,6H2,1H3,(H,15,19). The van der Waals surface area contributed by atoms with Crippen LogP contribution in [0.3, 0.4) is 0 Å². The van der Waals surface area contributed by atoms with Gasteiger partial charge in [-0.15, -0.1) is 5.10 Å². The number of nitrogens with one attached hydrogen (secondary N) is 1. The molecule has 0 aliphatic carbocycles. The first-order valence-corrected chi connectivity index (χ1v) is 6.76. The highest BCUT2D eigenvalue weighted by atomic mass is 32.1. The van der Waals surface area contributed by atoms with Crippen LogP contribution in [0.5, 0.6) is 0 Å². The highest BCUT2D eigenvalue weighted by Crippen LogP contribution is 2.08. The lowest BCUT2D eigenvalue weighted by molar-refractivity contribution is 0.0914. The van der Waals surface area contributed by atoms with Crippen LogP contribution in [0.2, 0.25) is 0 Å². The Balaban J connectivity index is 1.91. The molecule has 1 atom stereocenters. The van der Waals surface area contributed by atoms with Crippen LogP contribution in [0.15, 0.2) is 29.6 Å². The summed E-state index contributed by atoms with van der Waals surface area (Å²) in [6.45, 7) is 1.72. The van der Waals surface area contributed by atoms with Gasteiger partial charge in [-0.3, -0.25) is 9.59 Å². The van der Waals surface area contributed by atoms with Crippen LogP contribution >= 0.6 is 11.5 Å². The number of hydrogen-bond donors (Lipinski definition) is 1.